The van der Waals surface area contributed by atoms with E-state index in [1.54, 1.807) is 0 Å². The average molecular weight is 211 g/mol. The summed E-state index contributed by atoms with van der Waals surface area (Å²) in [5.74, 6) is 0.0661. The van der Waals surface area contributed by atoms with Gasteiger partial charge >= 0.3 is 0 Å². The van der Waals surface area contributed by atoms with E-state index in [1.807, 2.05) is 18.7 Å². The van der Waals surface area contributed by atoms with Crippen molar-refractivity contribution in [3.8, 4) is 0 Å². The lowest BCUT2D eigenvalue weighted by Crippen LogP contribution is -2.51. The summed E-state index contributed by atoms with van der Waals surface area (Å²) in [6, 6.07) is 0. The fourth-order valence-corrected chi connectivity index (χ4v) is 1.57. The highest BCUT2D eigenvalue weighted by Gasteiger charge is 2.31. The lowest BCUT2D eigenvalue weighted by atomic mass is 9.91. The molecule has 0 aromatic rings. The number of piperazine rings is 1. The standard InChI is InChI=1S/C9H17N5O/c1-9(2,7-12-13-10)8(15)14-5-3-11-4-6-14/h11H,3-7H2,1-2H3. The van der Waals surface area contributed by atoms with Gasteiger partial charge in [0.15, 0.2) is 0 Å². The molecule has 0 aromatic heterocycles. The summed E-state index contributed by atoms with van der Waals surface area (Å²) in [5.41, 5.74) is 7.65. The van der Waals surface area contributed by atoms with Gasteiger partial charge in [-0.1, -0.05) is 19.0 Å². The van der Waals surface area contributed by atoms with Crippen LogP contribution < -0.4 is 5.32 Å². The summed E-state index contributed by atoms with van der Waals surface area (Å²) in [4.78, 5) is 16.6. The lowest BCUT2D eigenvalue weighted by Gasteiger charge is -2.33. The van der Waals surface area contributed by atoms with E-state index in [0.29, 0.717) is 0 Å². The Hall–Kier alpha value is -1.26. The summed E-state index contributed by atoms with van der Waals surface area (Å²) < 4.78 is 0. The molecule has 0 spiro atoms. The van der Waals surface area contributed by atoms with Gasteiger partial charge in [-0.25, -0.2) is 0 Å². The number of rotatable bonds is 3. The summed E-state index contributed by atoms with van der Waals surface area (Å²) in [6.07, 6.45) is 0. The van der Waals surface area contributed by atoms with E-state index in [0.717, 1.165) is 26.2 Å². The van der Waals surface area contributed by atoms with Gasteiger partial charge in [0, 0.05) is 43.1 Å². The molecule has 0 unspecified atom stereocenters. The zero-order chi connectivity index (χ0) is 11.3. The highest BCUT2D eigenvalue weighted by atomic mass is 16.2. The number of carbonyl (C=O) groups is 1. The minimum atomic E-state index is -0.594. The van der Waals surface area contributed by atoms with Crippen LogP contribution in [-0.2, 0) is 4.79 Å². The van der Waals surface area contributed by atoms with E-state index in [9.17, 15) is 4.79 Å². The number of amides is 1. The van der Waals surface area contributed by atoms with Crippen LogP contribution in [0.2, 0.25) is 0 Å². The second-order valence-corrected chi connectivity index (χ2v) is 4.32. The zero-order valence-corrected chi connectivity index (χ0v) is 9.23. The molecule has 0 bridgehead atoms. The molecule has 1 N–H and O–H groups in total. The molecule has 1 aliphatic rings. The Morgan fingerprint density at radius 3 is 2.67 bits per heavy atom. The number of carbonyl (C=O) groups excluding carboxylic acids is 1. The molecular formula is C9H17N5O. The van der Waals surface area contributed by atoms with Crippen molar-refractivity contribution in [2.45, 2.75) is 13.8 Å². The van der Waals surface area contributed by atoms with Crippen molar-refractivity contribution in [2.75, 3.05) is 32.7 Å². The van der Waals surface area contributed by atoms with E-state index in [4.69, 9.17) is 5.53 Å². The van der Waals surface area contributed by atoms with Gasteiger partial charge in [0.1, 0.15) is 0 Å². The molecule has 6 heteroatoms. The average Bonchev–Trinajstić information content (AvgIpc) is 2.26. The summed E-state index contributed by atoms with van der Waals surface area (Å²) in [6.45, 7) is 6.98. The molecule has 1 heterocycles. The molecule has 0 radical (unpaired) electrons. The van der Waals surface area contributed by atoms with Crippen LogP contribution in [0.25, 0.3) is 10.4 Å². The molecule has 1 saturated heterocycles. The monoisotopic (exact) mass is 211 g/mol. The van der Waals surface area contributed by atoms with Crippen LogP contribution in [0.1, 0.15) is 13.8 Å². The van der Waals surface area contributed by atoms with Crippen LogP contribution >= 0.6 is 0 Å². The molecule has 1 amide bonds. The molecule has 84 valence electrons. The lowest BCUT2D eigenvalue weighted by molar-refractivity contribution is -0.140. The number of nitrogens with zero attached hydrogens (tertiary/aromatic N) is 4. The predicted molar refractivity (Wildman–Crippen MR) is 57.2 cm³/mol. The minimum absolute atomic E-state index is 0.0661. The van der Waals surface area contributed by atoms with Crippen molar-refractivity contribution >= 4 is 5.91 Å². The molecule has 0 saturated carbocycles. The zero-order valence-electron chi connectivity index (χ0n) is 9.23. The maximum atomic E-state index is 12.0. The minimum Gasteiger partial charge on any atom is -0.340 e. The van der Waals surface area contributed by atoms with Crippen LogP contribution in [0.5, 0.6) is 0 Å². The molecule has 0 aliphatic carbocycles. The predicted octanol–water partition coefficient (Wildman–Crippen LogP) is 0.755. The molecule has 0 aromatic carbocycles. The van der Waals surface area contributed by atoms with Crippen molar-refractivity contribution in [1.82, 2.24) is 10.2 Å². The van der Waals surface area contributed by atoms with E-state index >= 15 is 0 Å². The number of hydrogen-bond donors (Lipinski definition) is 1. The Balaban J connectivity index is 2.60. The Morgan fingerprint density at radius 2 is 2.13 bits per heavy atom. The molecule has 6 nitrogen and oxygen atoms in total. The van der Waals surface area contributed by atoms with Gasteiger partial charge in [-0.3, -0.25) is 4.79 Å². The fourth-order valence-electron chi connectivity index (χ4n) is 1.57. The van der Waals surface area contributed by atoms with E-state index in [-0.39, 0.29) is 12.5 Å². The van der Waals surface area contributed by atoms with E-state index in [1.165, 1.54) is 0 Å². The van der Waals surface area contributed by atoms with Crippen molar-refractivity contribution in [3.05, 3.63) is 10.4 Å². The van der Waals surface area contributed by atoms with Gasteiger partial charge in [-0.15, -0.1) is 0 Å². The molecule has 1 rings (SSSR count). The van der Waals surface area contributed by atoms with Crippen LogP contribution in [0.15, 0.2) is 5.11 Å². The third-order valence-corrected chi connectivity index (χ3v) is 2.51. The van der Waals surface area contributed by atoms with E-state index in [2.05, 4.69) is 15.3 Å². The van der Waals surface area contributed by atoms with Gasteiger partial charge in [-0.2, -0.15) is 0 Å². The summed E-state index contributed by atoms with van der Waals surface area (Å²) in [7, 11) is 0. The van der Waals surface area contributed by atoms with Gasteiger partial charge in [0.2, 0.25) is 5.91 Å². The summed E-state index contributed by atoms with van der Waals surface area (Å²) >= 11 is 0. The van der Waals surface area contributed by atoms with E-state index < -0.39 is 5.41 Å². The third-order valence-electron chi connectivity index (χ3n) is 2.51. The maximum absolute atomic E-state index is 12.0. The molecule has 1 aliphatic heterocycles. The first-order valence-corrected chi connectivity index (χ1v) is 5.09. The molecule has 15 heavy (non-hydrogen) atoms. The van der Waals surface area contributed by atoms with Crippen LogP contribution in [0.3, 0.4) is 0 Å². The quantitative estimate of drug-likeness (QED) is 0.424. The van der Waals surface area contributed by atoms with Crippen LogP contribution in [0, 0.1) is 5.41 Å². The van der Waals surface area contributed by atoms with Crippen molar-refractivity contribution in [2.24, 2.45) is 10.5 Å². The summed E-state index contributed by atoms with van der Waals surface area (Å²) in [5, 5.41) is 6.67. The first-order valence-electron chi connectivity index (χ1n) is 5.09. The normalized spacial score (nSPS) is 17.1. The van der Waals surface area contributed by atoms with Crippen molar-refractivity contribution in [1.29, 1.82) is 0 Å². The highest BCUT2D eigenvalue weighted by molar-refractivity contribution is 5.82. The Morgan fingerprint density at radius 1 is 1.53 bits per heavy atom. The number of nitrogens with one attached hydrogen (secondary N) is 1. The van der Waals surface area contributed by atoms with Gasteiger partial charge in [-0.05, 0) is 5.53 Å². The van der Waals surface area contributed by atoms with Gasteiger partial charge < -0.3 is 10.2 Å². The van der Waals surface area contributed by atoms with Crippen molar-refractivity contribution < 1.29 is 4.79 Å². The van der Waals surface area contributed by atoms with Gasteiger partial charge in [0.25, 0.3) is 0 Å². The van der Waals surface area contributed by atoms with Crippen LogP contribution in [-0.4, -0.2) is 43.5 Å². The largest absolute Gasteiger partial charge is 0.340 e. The van der Waals surface area contributed by atoms with Gasteiger partial charge in [0.05, 0.1) is 0 Å². The molecule has 1 fully saturated rings. The fraction of sp³-hybridized carbons (Fsp3) is 0.889. The number of hydrogen-bond acceptors (Lipinski definition) is 3. The smallest absolute Gasteiger partial charge is 0.228 e. The third kappa shape index (κ3) is 3.11. The highest BCUT2D eigenvalue weighted by Crippen LogP contribution is 2.19. The topological polar surface area (TPSA) is 81.1 Å². The second-order valence-electron chi connectivity index (χ2n) is 4.32. The molecule has 0 atom stereocenters. The Kier molecular flexibility index (Phi) is 3.94. The van der Waals surface area contributed by atoms with Crippen molar-refractivity contribution in [3.63, 3.8) is 0 Å². The Labute approximate surface area is 89.3 Å². The van der Waals surface area contributed by atoms with Crippen LogP contribution in [0.4, 0.5) is 0 Å². The maximum Gasteiger partial charge on any atom is 0.228 e. The SMILES string of the molecule is CC(C)(CN=[N+]=[N-])C(=O)N1CCNCC1. The second kappa shape index (κ2) is 5.00. The first kappa shape index (κ1) is 11.8. The first-order chi connectivity index (χ1) is 7.08. The number of azide groups is 1. The Bertz CT molecular complexity index is 276. The molecular weight excluding hydrogens is 194 g/mol.